The number of carbonyl (C=O) groups is 2. The van der Waals surface area contributed by atoms with E-state index in [0.29, 0.717) is 37.8 Å². The standard InChI is InChI=1S/C17H23N3O4S/c1-17-6-5-15(21)20(17)13(11-25-17)16(22)19-10-12-3-4-14(18-9-12)24-8-7-23-2/h3-4,9,13H,5-8,10-11H2,1-2H3,(H,19,22)/t13-,17-/m0/s1. The molecule has 1 aromatic heterocycles. The number of aromatic nitrogens is 1. The van der Waals surface area contributed by atoms with E-state index in [-0.39, 0.29) is 22.7 Å². The average molecular weight is 365 g/mol. The molecule has 2 amide bonds. The number of methoxy groups -OCH3 is 1. The minimum Gasteiger partial charge on any atom is -0.475 e. The van der Waals surface area contributed by atoms with Crippen molar-refractivity contribution in [2.24, 2.45) is 0 Å². The van der Waals surface area contributed by atoms with Gasteiger partial charge in [-0.2, -0.15) is 0 Å². The molecule has 1 N–H and O–H groups in total. The highest BCUT2D eigenvalue weighted by Gasteiger charge is 2.52. The van der Waals surface area contributed by atoms with E-state index in [1.165, 1.54) is 0 Å². The van der Waals surface area contributed by atoms with Crippen molar-refractivity contribution in [3.05, 3.63) is 23.9 Å². The van der Waals surface area contributed by atoms with Gasteiger partial charge in [-0.3, -0.25) is 9.59 Å². The lowest BCUT2D eigenvalue weighted by atomic mass is 10.2. The van der Waals surface area contributed by atoms with Gasteiger partial charge in [-0.25, -0.2) is 4.98 Å². The molecule has 0 bridgehead atoms. The van der Waals surface area contributed by atoms with Crippen LogP contribution >= 0.6 is 11.8 Å². The molecule has 25 heavy (non-hydrogen) atoms. The molecule has 3 rings (SSSR count). The van der Waals surface area contributed by atoms with Crippen molar-refractivity contribution in [1.82, 2.24) is 15.2 Å². The lowest BCUT2D eigenvalue weighted by Crippen LogP contribution is -2.49. The highest BCUT2D eigenvalue weighted by Crippen LogP contribution is 2.47. The molecule has 0 unspecified atom stereocenters. The van der Waals surface area contributed by atoms with E-state index in [2.05, 4.69) is 10.3 Å². The zero-order valence-corrected chi connectivity index (χ0v) is 15.3. The van der Waals surface area contributed by atoms with E-state index in [0.717, 1.165) is 12.0 Å². The maximum atomic E-state index is 12.5. The maximum Gasteiger partial charge on any atom is 0.243 e. The van der Waals surface area contributed by atoms with Gasteiger partial charge in [0.15, 0.2) is 0 Å². The number of thioether (sulfide) groups is 1. The summed E-state index contributed by atoms with van der Waals surface area (Å²) in [5, 5.41) is 2.92. The van der Waals surface area contributed by atoms with Crippen molar-refractivity contribution >= 4 is 23.6 Å². The molecule has 7 nitrogen and oxygen atoms in total. The zero-order chi connectivity index (χ0) is 17.9. The number of hydrogen-bond donors (Lipinski definition) is 1. The zero-order valence-electron chi connectivity index (χ0n) is 14.5. The molecule has 0 spiro atoms. The molecule has 2 fully saturated rings. The number of fused-ring (bicyclic) bond motifs is 1. The third kappa shape index (κ3) is 3.90. The first kappa shape index (κ1) is 18.0. The summed E-state index contributed by atoms with van der Waals surface area (Å²) in [7, 11) is 1.61. The highest BCUT2D eigenvalue weighted by molar-refractivity contribution is 8.01. The molecule has 1 aromatic rings. The highest BCUT2D eigenvalue weighted by atomic mass is 32.2. The monoisotopic (exact) mass is 365 g/mol. The van der Waals surface area contributed by atoms with E-state index in [9.17, 15) is 9.59 Å². The smallest absolute Gasteiger partial charge is 0.243 e. The second kappa shape index (κ2) is 7.61. The molecular formula is C17H23N3O4S. The largest absolute Gasteiger partial charge is 0.475 e. The summed E-state index contributed by atoms with van der Waals surface area (Å²) in [6, 6.07) is 3.25. The van der Waals surface area contributed by atoms with Crippen LogP contribution in [0.15, 0.2) is 18.3 Å². The van der Waals surface area contributed by atoms with Crippen LogP contribution in [0.3, 0.4) is 0 Å². The van der Waals surface area contributed by atoms with Gasteiger partial charge in [0.05, 0.1) is 11.5 Å². The quantitative estimate of drug-likeness (QED) is 0.731. The van der Waals surface area contributed by atoms with Gasteiger partial charge in [0.1, 0.15) is 12.6 Å². The summed E-state index contributed by atoms with van der Waals surface area (Å²) in [5.41, 5.74) is 0.883. The van der Waals surface area contributed by atoms with Gasteiger partial charge < -0.3 is 19.7 Å². The molecule has 8 heteroatoms. The fraction of sp³-hybridized carbons (Fsp3) is 0.588. The Labute approximate surface area is 151 Å². The SMILES string of the molecule is COCCOc1ccc(CNC(=O)[C@@H]2CS[C@@]3(C)CCC(=O)N23)cn1. The van der Waals surface area contributed by atoms with Gasteiger partial charge in [0, 0.05) is 38.1 Å². The molecule has 2 aliphatic heterocycles. The summed E-state index contributed by atoms with van der Waals surface area (Å²) in [6.07, 6.45) is 3.02. The molecule has 0 saturated carbocycles. The Bertz CT molecular complexity index is 639. The Balaban J connectivity index is 1.52. The van der Waals surface area contributed by atoms with Gasteiger partial charge in [0.25, 0.3) is 0 Å². The van der Waals surface area contributed by atoms with Crippen LogP contribution in [0.1, 0.15) is 25.3 Å². The predicted octanol–water partition coefficient (Wildman–Crippen LogP) is 1.18. The van der Waals surface area contributed by atoms with Crippen LogP contribution in [0.25, 0.3) is 0 Å². The molecule has 0 aliphatic carbocycles. The van der Waals surface area contributed by atoms with Crippen molar-refractivity contribution in [2.75, 3.05) is 26.1 Å². The number of amides is 2. The fourth-order valence-corrected chi connectivity index (χ4v) is 4.58. The van der Waals surface area contributed by atoms with E-state index in [1.54, 1.807) is 36.0 Å². The van der Waals surface area contributed by atoms with E-state index < -0.39 is 0 Å². The Kier molecular flexibility index (Phi) is 5.48. The Morgan fingerprint density at radius 3 is 3.04 bits per heavy atom. The van der Waals surface area contributed by atoms with Crippen LogP contribution in [0.5, 0.6) is 5.88 Å². The van der Waals surface area contributed by atoms with Crippen LogP contribution < -0.4 is 10.1 Å². The first-order valence-corrected chi connectivity index (χ1v) is 9.32. The van der Waals surface area contributed by atoms with Crippen molar-refractivity contribution in [1.29, 1.82) is 0 Å². The van der Waals surface area contributed by atoms with Crippen molar-refractivity contribution in [3.8, 4) is 5.88 Å². The third-order valence-corrected chi connectivity index (χ3v) is 6.05. The van der Waals surface area contributed by atoms with Crippen LogP contribution in [-0.2, 0) is 20.9 Å². The second-order valence-corrected chi connectivity index (χ2v) is 7.83. The first-order chi connectivity index (χ1) is 12.0. The molecular weight excluding hydrogens is 342 g/mol. The topological polar surface area (TPSA) is 80.8 Å². The Hall–Kier alpha value is -1.80. The lowest BCUT2D eigenvalue weighted by molar-refractivity contribution is -0.138. The van der Waals surface area contributed by atoms with Gasteiger partial charge in [-0.1, -0.05) is 6.07 Å². The van der Waals surface area contributed by atoms with E-state index >= 15 is 0 Å². The van der Waals surface area contributed by atoms with Gasteiger partial charge in [-0.15, -0.1) is 11.8 Å². The van der Waals surface area contributed by atoms with Crippen molar-refractivity contribution in [2.45, 2.75) is 37.2 Å². The summed E-state index contributed by atoms with van der Waals surface area (Å²) in [4.78, 5) is 30.4. The molecule has 2 saturated heterocycles. The van der Waals surface area contributed by atoms with Gasteiger partial charge in [-0.05, 0) is 18.9 Å². The number of pyridine rings is 1. The summed E-state index contributed by atoms with van der Waals surface area (Å²) < 4.78 is 10.3. The number of rotatable bonds is 7. The van der Waals surface area contributed by atoms with E-state index in [4.69, 9.17) is 9.47 Å². The minimum absolute atomic E-state index is 0.0758. The van der Waals surface area contributed by atoms with Crippen molar-refractivity contribution in [3.63, 3.8) is 0 Å². The first-order valence-electron chi connectivity index (χ1n) is 8.34. The number of nitrogens with one attached hydrogen (secondary N) is 1. The average Bonchev–Trinajstić information content (AvgIpc) is 3.10. The summed E-state index contributed by atoms with van der Waals surface area (Å²) >= 11 is 1.69. The van der Waals surface area contributed by atoms with Gasteiger partial charge in [0.2, 0.25) is 17.7 Å². The van der Waals surface area contributed by atoms with Crippen LogP contribution in [0, 0.1) is 0 Å². The molecule has 2 aliphatic rings. The van der Waals surface area contributed by atoms with Crippen molar-refractivity contribution < 1.29 is 19.1 Å². The third-order valence-electron chi connectivity index (χ3n) is 4.55. The normalized spacial score (nSPS) is 25.1. The van der Waals surface area contributed by atoms with E-state index in [1.807, 2.05) is 13.0 Å². The Morgan fingerprint density at radius 1 is 1.48 bits per heavy atom. The molecule has 3 heterocycles. The Morgan fingerprint density at radius 2 is 2.32 bits per heavy atom. The number of hydrogen-bond acceptors (Lipinski definition) is 6. The summed E-state index contributed by atoms with van der Waals surface area (Å²) in [6.45, 7) is 3.38. The summed E-state index contributed by atoms with van der Waals surface area (Å²) in [5.74, 6) is 1.15. The number of ether oxygens (including phenoxy) is 2. The minimum atomic E-state index is -0.380. The second-order valence-electron chi connectivity index (χ2n) is 6.33. The number of nitrogens with zero attached hydrogens (tertiary/aromatic N) is 2. The van der Waals surface area contributed by atoms with Crippen LogP contribution in [0.4, 0.5) is 0 Å². The van der Waals surface area contributed by atoms with Crippen LogP contribution in [0.2, 0.25) is 0 Å². The lowest BCUT2D eigenvalue weighted by Gasteiger charge is -2.29. The molecule has 0 aromatic carbocycles. The fourth-order valence-electron chi connectivity index (χ4n) is 3.15. The maximum absolute atomic E-state index is 12.5. The van der Waals surface area contributed by atoms with Gasteiger partial charge >= 0.3 is 0 Å². The number of carbonyl (C=O) groups excluding carboxylic acids is 2. The molecule has 0 radical (unpaired) electrons. The van der Waals surface area contributed by atoms with Crippen LogP contribution in [-0.4, -0.2) is 58.7 Å². The molecule has 136 valence electrons. The molecule has 2 atom stereocenters. The predicted molar refractivity (Wildman–Crippen MR) is 94.2 cm³/mol.